The Morgan fingerprint density at radius 1 is 1.28 bits per heavy atom. The molecule has 0 saturated carbocycles. The molecule has 6 heteroatoms. The van der Waals surface area contributed by atoms with Crippen LogP contribution in [0, 0.1) is 12.3 Å². The van der Waals surface area contributed by atoms with E-state index >= 15 is 0 Å². The minimum atomic E-state index is -3.27. The van der Waals surface area contributed by atoms with Crippen LogP contribution in [0.2, 0.25) is 0 Å². The predicted molar refractivity (Wildman–Crippen MR) is 100 cm³/mol. The summed E-state index contributed by atoms with van der Waals surface area (Å²) in [6, 6.07) is 8.04. The van der Waals surface area contributed by atoms with Gasteiger partial charge in [0, 0.05) is 11.3 Å². The van der Waals surface area contributed by atoms with Crippen LogP contribution in [0.4, 0.5) is 0 Å². The molecule has 1 aliphatic carbocycles. The first-order chi connectivity index (χ1) is 11.7. The summed E-state index contributed by atoms with van der Waals surface area (Å²) in [7, 11) is -3.27. The van der Waals surface area contributed by atoms with Crippen molar-refractivity contribution in [1.82, 2.24) is 14.5 Å². The number of rotatable bonds is 5. The van der Waals surface area contributed by atoms with Gasteiger partial charge >= 0.3 is 0 Å². The van der Waals surface area contributed by atoms with Gasteiger partial charge in [0.25, 0.3) is 0 Å². The fraction of sp³-hybridized carbons (Fsp3) is 0.526. The van der Waals surface area contributed by atoms with Crippen molar-refractivity contribution in [2.75, 3.05) is 5.75 Å². The highest BCUT2D eigenvalue weighted by Gasteiger charge is 2.36. The lowest BCUT2D eigenvalue weighted by atomic mass is 9.74. The Labute approximate surface area is 150 Å². The Morgan fingerprint density at radius 3 is 2.60 bits per heavy atom. The third-order valence-corrected chi connectivity index (χ3v) is 6.34. The quantitative estimate of drug-likeness (QED) is 0.886. The van der Waals surface area contributed by atoms with Crippen molar-refractivity contribution in [2.24, 2.45) is 5.41 Å². The smallest absolute Gasteiger partial charge is 0.212 e. The van der Waals surface area contributed by atoms with Gasteiger partial charge in [-0.05, 0) is 43.7 Å². The van der Waals surface area contributed by atoms with Gasteiger partial charge < -0.3 is 0 Å². The van der Waals surface area contributed by atoms with Gasteiger partial charge in [-0.1, -0.05) is 38.5 Å². The first kappa shape index (κ1) is 18.1. The van der Waals surface area contributed by atoms with Crippen LogP contribution in [0.25, 0.3) is 5.69 Å². The van der Waals surface area contributed by atoms with Crippen molar-refractivity contribution >= 4 is 10.0 Å². The van der Waals surface area contributed by atoms with Gasteiger partial charge in [-0.15, -0.1) is 0 Å². The van der Waals surface area contributed by atoms with Crippen LogP contribution in [-0.2, 0) is 16.4 Å². The second kappa shape index (κ2) is 6.57. The number of fused-ring (bicyclic) bond motifs is 1. The number of nitrogens with one attached hydrogen (secondary N) is 1. The number of hydrogen-bond acceptors (Lipinski definition) is 3. The van der Waals surface area contributed by atoms with Gasteiger partial charge in [0.05, 0.1) is 23.7 Å². The molecule has 25 heavy (non-hydrogen) atoms. The number of sulfonamides is 1. The lowest BCUT2D eigenvalue weighted by Gasteiger charge is -2.35. The molecule has 1 N–H and O–H groups in total. The minimum Gasteiger partial charge on any atom is -0.237 e. The highest BCUT2D eigenvalue weighted by atomic mass is 32.2. The van der Waals surface area contributed by atoms with Crippen LogP contribution in [0.3, 0.4) is 0 Å². The lowest BCUT2D eigenvalue weighted by Crippen LogP contribution is -2.37. The van der Waals surface area contributed by atoms with E-state index in [1.54, 1.807) is 0 Å². The van der Waals surface area contributed by atoms with E-state index < -0.39 is 10.0 Å². The van der Waals surface area contributed by atoms with Crippen LogP contribution in [-0.4, -0.2) is 24.0 Å². The van der Waals surface area contributed by atoms with Crippen LogP contribution < -0.4 is 4.72 Å². The van der Waals surface area contributed by atoms with E-state index in [1.807, 2.05) is 17.8 Å². The second-order valence-electron chi connectivity index (χ2n) is 7.83. The Balaban J connectivity index is 2.00. The molecule has 0 aliphatic heterocycles. The molecule has 1 heterocycles. The van der Waals surface area contributed by atoms with E-state index in [-0.39, 0.29) is 17.2 Å². The summed E-state index contributed by atoms with van der Waals surface area (Å²) in [5, 5.41) is 4.57. The number of nitrogens with zero attached hydrogens (tertiary/aromatic N) is 2. The zero-order valence-corrected chi connectivity index (χ0v) is 16.2. The zero-order chi connectivity index (χ0) is 18.2. The Bertz CT molecular complexity index is 851. The van der Waals surface area contributed by atoms with Gasteiger partial charge in [0.1, 0.15) is 0 Å². The highest BCUT2D eigenvalue weighted by Crippen LogP contribution is 2.41. The van der Waals surface area contributed by atoms with Crippen molar-refractivity contribution in [3.8, 4) is 5.69 Å². The van der Waals surface area contributed by atoms with Crippen molar-refractivity contribution < 1.29 is 8.42 Å². The molecule has 1 aromatic heterocycles. The summed E-state index contributed by atoms with van der Waals surface area (Å²) in [6.07, 6.45) is 4.09. The summed E-state index contributed by atoms with van der Waals surface area (Å²) in [5.41, 5.74) is 4.33. The molecule has 0 radical (unpaired) electrons. The summed E-state index contributed by atoms with van der Waals surface area (Å²) >= 11 is 0. The van der Waals surface area contributed by atoms with Gasteiger partial charge in [0.15, 0.2) is 0 Å². The fourth-order valence-electron chi connectivity index (χ4n) is 3.60. The molecule has 1 aromatic carbocycles. The maximum Gasteiger partial charge on any atom is 0.212 e. The molecule has 3 rings (SSSR count). The Hall–Kier alpha value is -1.66. The molecular formula is C19H27N3O2S. The molecule has 136 valence electrons. The maximum atomic E-state index is 12.3. The topological polar surface area (TPSA) is 64.0 Å². The number of benzene rings is 1. The number of hydrogen-bond donors (Lipinski definition) is 1. The number of aromatic nitrogens is 2. The molecule has 1 aliphatic rings. The first-order valence-corrected chi connectivity index (χ1v) is 10.5. The van der Waals surface area contributed by atoms with Crippen LogP contribution in [0.15, 0.2) is 30.5 Å². The predicted octanol–water partition coefficient (Wildman–Crippen LogP) is 3.52. The van der Waals surface area contributed by atoms with Gasteiger partial charge in [-0.3, -0.25) is 0 Å². The summed E-state index contributed by atoms with van der Waals surface area (Å²) in [4.78, 5) is 0. The molecule has 0 spiro atoms. The lowest BCUT2D eigenvalue weighted by molar-refractivity contribution is 0.268. The van der Waals surface area contributed by atoms with Gasteiger partial charge in [-0.25, -0.2) is 17.8 Å². The highest BCUT2D eigenvalue weighted by molar-refractivity contribution is 7.89. The van der Waals surface area contributed by atoms with E-state index in [0.717, 1.165) is 29.8 Å². The second-order valence-corrected chi connectivity index (χ2v) is 9.70. The van der Waals surface area contributed by atoms with Crippen molar-refractivity contribution in [2.45, 2.75) is 53.0 Å². The van der Waals surface area contributed by atoms with Gasteiger partial charge in [0.2, 0.25) is 10.0 Å². The average Bonchev–Trinajstić information content (AvgIpc) is 2.90. The molecule has 5 nitrogen and oxygen atoms in total. The summed E-state index contributed by atoms with van der Waals surface area (Å²) in [5.74, 6) is 0.158. The normalized spacial score (nSPS) is 19.6. The Kier molecular flexibility index (Phi) is 4.77. The van der Waals surface area contributed by atoms with Crippen molar-refractivity contribution in [1.29, 1.82) is 0 Å². The fourth-order valence-corrected chi connectivity index (χ4v) is 4.90. The molecule has 0 amide bonds. The van der Waals surface area contributed by atoms with Crippen LogP contribution >= 0.6 is 0 Å². The largest absolute Gasteiger partial charge is 0.237 e. The minimum absolute atomic E-state index is 0.00881. The third kappa shape index (κ3) is 3.96. The molecule has 2 aromatic rings. The molecule has 0 unspecified atom stereocenters. The van der Waals surface area contributed by atoms with E-state index in [1.165, 1.54) is 5.56 Å². The van der Waals surface area contributed by atoms with E-state index in [9.17, 15) is 8.42 Å². The van der Waals surface area contributed by atoms with Gasteiger partial charge in [-0.2, -0.15) is 5.10 Å². The summed E-state index contributed by atoms with van der Waals surface area (Å²) < 4.78 is 29.4. The summed E-state index contributed by atoms with van der Waals surface area (Å²) in [6.45, 7) is 8.31. The third-order valence-electron chi connectivity index (χ3n) is 4.75. The van der Waals surface area contributed by atoms with Crippen LogP contribution in [0.5, 0.6) is 0 Å². The average molecular weight is 362 g/mol. The number of aryl methyl sites for hydroxylation is 1. The van der Waals surface area contributed by atoms with Crippen molar-refractivity contribution in [3.63, 3.8) is 0 Å². The molecule has 0 bridgehead atoms. The molecule has 0 saturated heterocycles. The standard InChI is InChI=1S/C19H27N3O2S/c1-5-10-25(23,24)21-17-11-19(3,4)12-18-16(17)13-20-22(18)15-8-6-14(2)7-9-15/h6-9,13,17,21H,5,10-12H2,1-4H3/t17-/m0/s1. The van der Waals surface area contributed by atoms with Crippen LogP contribution in [0.1, 0.15) is 56.5 Å². The van der Waals surface area contributed by atoms with E-state index in [0.29, 0.717) is 6.42 Å². The molecule has 1 atom stereocenters. The van der Waals surface area contributed by atoms with Crippen molar-refractivity contribution in [3.05, 3.63) is 47.3 Å². The first-order valence-electron chi connectivity index (χ1n) is 8.84. The maximum absolute atomic E-state index is 12.3. The Morgan fingerprint density at radius 2 is 1.96 bits per heavy atom. The monoisotopic (exact) mass is 361 g/mol. The molecular weight excluding hydrogens is 334 g/mol. The van der Waals surface area contributed by atoms with E-state index in [2.05, 4.69) is 54.9 Å². The van der Waals surface area contributed by atoms with E-state index in [4.69, 9.17) is 0 Å². The zero-order valence-electron chi connectivity index (χ0n) is 15.4. The molecule has 0 fully saturated rings. The SMILES string of the molecule is CCCS(=O)(=O)N[C@H]1CC(C)(C)Cc2c1cnn2-c1ccc(C)cc1.